The van der Waals surface area contributed by atoms with Gasteiger partial charge in [-0.1, -0.05) is 6.92 Å². The maximum absolute atomic E-state index is 11.5. The molecule has 0 aliphatic rings. The summed E-state index contributed by atoms with van der Waals surface area (Å²) in [4.78, 5) is 34.1. The van der Waals surface area contributed by atoms with E-state index in [2.05, 4.69) is 0 Å². The molecule has 0 amide bonds. The highest BCUT2D eigenvalue weighted by Gasteiger charge is 2.12. The zero-order valence-corrected chi connectivity index (χ0v) is 24.3. The van der Waals surface area contributed by atoms with Crippen LogP contribution in [0.5, 0.6) is 34.5 Å². The number of methoxy groups -OCH3 is 3. The summed E-state index contributed by atoms with van der Waals surface area (Å²) in [6, 6.07) is 12.0. The van der Waals surface area contributed by atoms with Crippen molar-refractivity contribution in [3.8, 4) is 34.5 Å². The van der Waals surface area contributed by atoms with Gasteiger partial charge in [0.05, 0.1) is 34.5 Å². The number of carbonyl (C=O) groups is 3. The van der Waals surface area contributed by atoms with E-state index in [0.717, 1.165) is 0 Å². The van der Waals surface area contributed by atoms with Crippen molar-refractivity contribution in [3.05, 3.63) is 70.8 Å². The molecular formula is C31H38O11. The van der Waals surface area contributed by atoms with Gasteiger partial charge in [-0.05, 0) is 61.0 Å². The summed E-state index contributed by atoms with van der Waals surface area (Å²) in [7, 11) is 4.29. The molecule has 0 unspecified atom stereocenters. The molecule has 0 aliphatic carbocycles. The SMILES string of the molecule is CCC(=O)c1ccc(O)c(OC)c1.COc1cc(C(=O)CCO)cc(C)c1O.COc1cc(C(=O)CCO)ccc1O. The number of aromatic hydroxyl groups is 3. The third-order valence-electron chi connectivity index (χ3n) is 5.81. The van der Waals surface area contributed by atoms with Gasteiger partial charge in [-0.3, -0.25) is 14.4 Å². The summed E-state index contributed by atoms with van der Waals surface area (Å²) in [6.45, 7) is 3.12. The van der Waals surface area contributed by atoms with Crippen LogP contribution >= 0.6 is 0 Å². The number of carbonyl (C=O) groups excluding carboxylic acids is 3. The second-order valence-electron chi connectivity index (χ2n) is 8.69. The van der Waals surface area contributed by atoms with Crippen LogP contribution in [0.1, 0.15) is 62.8 Å². The Hall–Kier alpha value is -4.61. The molecule has 11 heteroatoms. The van der Waals surface area contributed by atoms with E-state index in [9.17, 15) is 29.7 Å². The van der Waals surface area contributed by atoms with Gasteiger partial charge in [0, 0.05) is 36.0 Å². The van der Waals surface area contributed by atoms with E-state index in [4.69, 9.17) is 24.4 Å². The molecule has 3 aromatic carbocycles. The molecule has 3 rings (SSSR count). The van der Waals surface area contributed by atoms with Crippen LogP contribution in [-0.4, -0.2) is 77.4 Å². The average molecular weight is 587 g/mol. The highest BCUT2D eigenvalue weighted by atomic mass is 16.5. The Morgan fingerprint density at radius 1 is 0.619 bits per heavy atom. The van der Waals surface area contributed by atoms with Gasteiger partial charge in [-0.15, -0.1) is 0 Å². The van der Waals surface area contributed by atoms with Crippen LogP contribution in [0.4, 0.5) is 0 Å². The van der Waals surface area contributed by atoms with Crippen molar-refractivity contribution in [2.75, 3.05) is 34.5 Å². The van der Waals surface area contributed by atoms with Gasteiger partial charge in [0.15, 0.2) is 51.8 Å². The van der Waals surface area contributed by atoms with Crippen molar-refractivity contribution < 1.29 is 54.1 Å². The Morgan fingerprint density at radius 3 is 1.43 bits per heavy atom. The lowest BCUT2D eigenvalue weighted by molar-refractivity contribution is 0.0947. The fraction of sp³-hybridized carbons (Fsp3) is 0.323. The smallest absolute Gasteiger partial charge is 0.165 e. The number of aliphatic hydroxyl groups excluding tert-OH is 2. The molecule has 11 nitrogen and oxygen atoms in total. The Labute approximate surface area is 244 Å². The topological polar surface area (TPSA) is 180 Å². The Bertz CT molecular complexity index is 1350. The summed E-state index contributed by atoms with van der Waals surface area (Å²) in [6.07, 6.45) is 0.606. The van der Waals surface area contributed by atoms with E-state index in [1.54, 1.807) is 32.0 Å². The van der Waals surface area contributed by atoms with Crippen molar-refractivity contribution >= 4 is 17.3 Å². The van der Waals surface area contributed by atoms with E-state index in [1.807, 2.05) is 0 Å². The molecule has 42 heavy (non-hydrogen) atoms. The van der Waals surface area contributed by atoms with E-state index < -0.39 is 0 Å². The minimum atomic E-state index is -0.179. The van der Waals surface area contributed by atoms with Crippen LogP contribution in [0.25, 0.3) is 0 Å². The van der Waals surface area contributed by atoms with Gasteiger partial charge >= 0.3 is 0 Å². The van der Waals surface area contributed by atoms with Crippen molar-refractivity contribution in [2.45, 2.75) is 33.1 Å². The fourth-order valence-corrected chi connectivity index (χ4v) is 3.46. The fourth-order valence-electron chi connectivity index (χ4n) is 3.46. The highest BCUT2D eigenvalue weighted by molar-refractivity contribution is 5.97. The number of hydrogen-bond acceptors (Lipinski definition) is 11. The summed E-state index contributed by atoms with van der Waals surface area (Å²) >= 11 is 0. The molecule has 3 aromatic rings. The number of ether oxygens (including phenoxy) is 3. The summed E-state index contributed by atoms with van der Waals surface area (Å²) < 4.78 is 14.7. The van der Waals surface area contributed by atoms with E-state index in [1.165, 1.54) is 51.7 Å². The normalized spacial score (nSPS) is 9.88. The molecule has 228 valence electrons. The van der Waals surface area contributed by atoms with Crippen LogP contribution in [0.15, 0.2) is 48.5 Å². The maximum Gasteiger partial charge on any atom is 0.165 e. The van der Waals surface area contributed by atoms with E-state index in [-0.39, 0.29) is 72.2 Å². The first kappa shape index (κ1) is 35.4. The first-order chi connectivity index (χ1) is 20.0. The van der Waals surface area contributed by atoms with Gasteiger partial charge in [-0.25, -0.2) is 0 Å². The van der Waals surface area contributed by atoms with Gasteiger partial charge in [0.2, 0.25) is 0 Å². The first-order valence-electron chi connectivity index (χ1n) is 12.9. The highest BCUT2D eigenvalue weighted by Crippen LogP contribution is 2.31. The molecule has 0 radical (unpaired) electrons. The number of ketones is 3. The maximum atomic E-state index is 11.5. The minimum absolute atomic E-state index is 0.00644. The zero-order valence-electron chi connectivity index (χ0n) is 24.3. The lowest BCUT2D eigenvalue weighted by Crippen LogP contribution is -2.02. The van der Waals surface area contributed by atoms with Crippen LogP contribution in [0.2, 0.25) is 0 Å². The van der Waals surface area contributed by atoms with Crippen molar-refractivity contribution in [1.29, 1.82) is 0 Å². The molecule has 0 saturated carbocycles. The molecule has 0 aromatic heterocycles. The summed E-state index contributed by atoms with van der Waals surface area (Å²) in [5.41, 5.74) is 2.01. The molecule has 0 bridgehead atoms. The van der Waals surface area contributed by atoms with Crippen molar-refractivity contribution in [2.24, 2.45) is 0 Å². The molecule has 0 heterocycles. The van der Waals surface area contributed by atoms with Crippen molar-refractivity contribution in [1.82, 2.24) is 0 Å². The second-order valence-corrected chi connectivity index (χ2v) is 8.69. The van der Waals surface area contributed by atoms with Crippen molar-refractivity contribution in [3.63, 3.8) is 0 Å². The van der Waals surface area contributed by atoms with Gasteiger partial charge in [-0.2, -0.15) is 0 Å². The number of Topliss-reactive ketones (excluding diaryl/α,β-unsaturated/α-hetero) is 3. The number of phenols is 3. The number of hydrogen-bond donors (Lipinski definition) is 5. The standard InChI is InChI=1S/C11H14O4.C10H12O4.C10H12O3/c1-7-5-8(9(13)3-4-12)6-10(15-2)11(7)14;1-14-10-6-7(2-3-9(10)13)8(12)4-5-11;1-3-8(11)7-4-5-9(12)10(6-7)13-2/h5-6,12,14H,3-4H2,1-2H3;2-3,6,11,13H,4-5H2,1H3;4-6,12H,3H2,1-2H3. The lowest BCUT2D eigenvalue weighted by Gasteiger charge is -2.08. The molecule has 0 saturated heterocycles. The van der Waals surface area contributed by atoms with Crippen LogP contribution in [0.3, 0.4) is 0 Å². The number of benzene rings is 3. The van der Waals surface area contributed by atoms with Crippen LogP contribution in [-0.2, 0) is 0 Å². The monoisotopic (exact) mass is 586 g/mol. The van der Waals surface area contributed by atoms with Crippen LogP contribution in [0, 0.1) is 6.92 Å². The number of phenolic OH excluding ortho intramolecular Hbond substituents is 3. The summed E-state index contributed by atoms with van der Waals surface area (Å²) in [5.74, 6) is 0.647. The van der Waals surface area contributed by atoms with Gasteiger partial charge in [0.1, 0.15) is 0 Å². The predicted octanol–water partition coefficient (Wildman–Crippen LogP) is 4.23. The largest absolute Gasteiger partial charge is 0.504 e. The summed E-state index contributed by atoms with van der Waals surface area (Å²) in [5, 5.41) is 45.3. The molecule has 0 spiro atoms. The predicted molar refractivity (Wildman–Crippen MR) is 155 cm³/mol. The van der Waals surface area contributed by atoms with E-state index >= 15 is 0 Å². The Kier molecular flexibility index (Phi) is 15.1. The lowest BCUT2D eigenvalue weighted by atomic mass is 10.0. The minimum Gasteiger partial charge on any atom is -0.504 e. The third kappa shape index (κ3) is 10.4. The Morgan fingerprint density at radius 2 is 1.02 bits per heavy atom. The molecule has 5 N–H and O–H groups in total. The molecule has 0 atom stereocenters. The quantitative estimate of drug-likeness (QED) is 0.203. The number of rotatable bonds is 11. The first-order valence-corrected chi connectivity index (χ1v) is 12.9. The number of aliphatic hydroxyl groups is 2. The Balaban J connectivity index is 0.000000316. The van der Waals surface area contributed by atoms with Gasteiger partial charge in [0.25, 0.3) is 0 Å². The van der Waals surface area contributed by atoms with E-state index in [0.29, 0.717) is 34.4 Å². The van der Waals surface area contributed by atoms with Crippen LogP contribution < -0.4 is 14.2 Å². The zero-order chi connectivity index (χ0) is 31.8. The molecule has 0 aliphatic heterocycles. The molecule has 0 fully saturated rings. The molecular weight excluding hydrogens is 548 g/mol. The average Bonchev–Trinajstić information content (AvgIpc) is 2.99. The second kappa shape index (κ2) is 17.9. The number of aryl methyl sites for hydroxylation is 1. The third-order valence-corrected chi connectivity index (χ3v) is 5.81. The van der Waals surface area contributed by atoms with Gasteiger partial charge < -0.3 is 39.7 Å².